The largest absolute Gasteiger partial charge is 0.494 e. The lowest BCUT2D eigenvalue weighted by atomic mass is 10.2. The number of furan rings is 1. The summed E-state index contributed by atoms with van der Waals surface area (Å²) in [7, 11) is 0. The maximum Gasteiger partial charge on any atom is 0.291 e. The van der Waals surface area contributed by atoms with E-state index >= 15 is 0 Å². The normalized spacial score (nSPS) is 10.6. The summed E-state index contributed by atoms with van der Waals surface area (Å²) in [6, 6.07) is 14.1. The highest BCUT2D eigenvalue weighted by Gasteiger charge is 2.12. The van der Waals surface area contributed by atoms with Crippen molar-refractivity contribution in [3.63, 3.8) is 0 Å². The predicted octanol–water partition coefficient (Wildman–Crippen LogP) is 4.74. The zero-order valence-corrected chi connectivity index (χ0v) is 12.7. The van der Waals surface area contributed by atoms with Gasteiger partial charge >= 0.3 is 0 Å². The van der Waals surface area contributed by atoms with Crippen molar-refractivity contribution in [2.75, 3.05) is 11.9 Å². The number of benzene rings is 2. The molecule has 112 valence electrons. The molecule has 0 aliphatic rings. The third-order valence-electron chi connectivity index (χ3n) is 3.13. The van der Waals surface area contributed by atoms with Gasteiger partial charge in [0.25, 0.3) is 5.91 Å². The van der Waals surface area contributed by atoms with Crippen molar-refractivity contribution in [1.82, 2.24) is 0 Å². The minimum Gasteiger partial charge on any atom is -0.494 e. The van der Waals surface area contributed by atoms with E-state index in [1.165, 1.54) is 0 Å². The van der Waals surface area contributed by atoms with Gasteiger partial charge in [-0.2, -0.15) is 0 Å². The first-order valence-corrected chi connectivity index (χ1v) is 7.27. The standard InChI is InChI=1S/C17H14ClNO3/c1-2-21-14-6-4-13(5-7-14)19-17(20)16-10-11-9-12(18)3-8-15(11)22-16/h3-10H,2H2,1H3,(H,19,20). The van der Waals surface area contributed by atoms with E-state index in [0.717, 1.165) is 11.1 Å². The summed E-state index contributed by atoms with van der Waals surface area (Å²) in [5.74, 6) is 0.696. The maximum absolute atomic E-state index is 12.2. The predicted molar refractivity (Wildman–Crippen MR) is 86.8 cm³/mol. The molecule has 1 amide bonds. The number of rotatable bonds is 4. The van der Waals surface area contributed by atoms with Crippen LogP contribution in [0.15, 0.2) is 52.9 Å². The Labute approximate surface area is 132 Å². The number of halogens is 1. The second-order valence-corrected chi connectivity index (χ2v) is 5.14. The minimum absolute atomic E-state index is 0.242. The van der Waals surface area contributed by atoms with Crippen LogP contribution in [0.3, 0.4) is 0 Å². The third kappa shape index (κ3) is 3.07. The van der Waals surface area contributed by atoms with Crippen molar-refractivity contribution in [2.45, 2.75) is 6.92 Å². The van der Waals surface area contributed by atoms with Gasteiger partial charge in [-0.25, -0.2) is 0 Å². The lowest BCUT2D eigenvalue weighted by Crippen LogP contribution is -2.10. The van der Waals surface area contributed by atoms with Crippen molar-refractivity contribution >= 4 is 34.2 Å². The number of carbonyl (C=O) groups is 1. The first-order chi connectivity index (χ1) is 10.7. The number of amides is 1. The molecule has 0 aliphatic carbocycles. The Morgan fingerprint density at radius 1 is 1.18 bits per heavy atom. The molecule has 0 radical (unpaired) electrons. The van der Waals surface area contributed by atoms with Gasteiger partial charge in [-0.3, -0.25) is 4.79 Å². The zero-order chi connectivity index (χ0) is 15.5. The summed E-state index contributed by atoms with van der Waals surface area (Å²) < 4.78 is 10.9. The topological polar surface area (TPSA) is 51.5 Å². The molecular weight excluding hydrogens is 302 g/mol. The van der Waals surface area contributed by atoms with Crippen LogP contribution in [-0.4, -0.2) is 12.5 Å². The van der Waals surface area contributed by atoms with Crippen LogP contribution in [0.25, 0.3) is 11.0 Å². The van der Waals surface area contributed by atoms with E-state index < -0.39 is 0 Å². The summed E-state index contributed by atoms with van der Waals surface area (Å²) in [6.45, 7) is 2.52. The summed E-state index contributed by atoms with van der Waals surface area (Å²) in [4.78, 5) is 12.2. The molecule has 3 aromatic rings. The molecule has 22 heavy (non-hydrogen) atoms. The molecule has 4 nitrogen and oxygen atoms in total. The Hall–Kier alpha value is -2.46. The van der Waals surface area contributed by atoms with E-state index in [0.29, 0.717) is 22.9 Å². The second kappa shape index (κ2) is 6.12. The summed E-state index contributed by atoms with van der Waals surface area (Å²) in [5, 5.41) is 4.18. The highest BCUT2D eigenvalue weighted by molar-refractivity contribution is 6.31. The van der Waals surface area contributed by atoms with Crippen molar-refractivity contribution in [3.8, 4) is 5.75 Å². The molecule has 0 fully saturated rings. The fourth-order valence-corrected chi connectivity index (χ4v) is 2.30. The van der Waals surface area contributed by atoms with Crippen LogP contribution in [-0.2, 0) is 0 Å². The van der Waals surface area contributed by atoms with E-state index in [1.807, 2.05) is 6.92 Å². The van der Waals surface area contributed by atoms with Gasteiger partial charge in [0, 0.05) is 16.1 Å². The Morgan fingerprint density at radius 2 is 1.95 bits per heavy atom. The number of carbonyl (C=O) groups excluding carboxylic acids is 1. The first kappa shape index (κ1) is 14.5. The molecule has 0 unspecified atom stereocenters. The monoisotopic (exact) mass is 315 g/mol. The molecule has 0 spiro atoms. The van der Waals surface area contributed by atoms with Gasteiger partial charge < -0.3 is 14.5 Å². The molecule has 0 saturated carbocycles. The molecule has 1 aromatic heterocycles. The average Bonchev–Trinajstić information content (AvgIpc) is 2.92. The van der Waals surface area contributed by atoms with Gasteiger partial charge in [-0.1, -0.05) is 11.6 Å². The lowest BCUT2D eigenvalue weighted by Gasteiger charge is -2.05. The Balaban J connectivity index is 1.77. The van der Waals surface area contributed by atoms with Crippen LogP contribution < -0.4 is 10.1 Å². The average molecular weight is 316 g/mol. The Kier molecular flexibility index (Phi) is 4.02. The lowest BCUT2D eigenvalue weighted by molar-refractivity contribution is 0.0998. The summed E-state index contributed by atoms with van der Waals surface area (Å²) >= 11 is 5.92. The number of anilines is 1. The van der Waals surface area contributed by atoms with Gasteiger partial charge in [0.15, 0.2) is 5.76 Å². The third-order valence-corrected chi connectivity index (χ3v) is 3.36. The number of hydrogen-bond donors (Lipinski definition) is 1. The number of ether oxygens (including phenoxy) is 1. The van der Waals surface area contributed by atoms with E-state index in [-0.39, 0.29) is 11.7 Å². The van der Waals surface area contributed by atoms with Gasteiger partial charge in [0.2, 0.25) is 0 Å². The van der Waals surface area contributed by atoms with Crippen molar-refractivity contribution in [3.05, 3.63) is 59.3 Å². The van der Waals surface area contributed by atoms with Gasteiger partial charge in [0.05, 0.1) is 6.61 Å². The molecule has 5 heteroatoms. The van der Waals surface area contributed by atoms with Crippen LogP contribution in [0.2, 0.25) is 5.02 Å². The van der Waals surface area contributed by atoms with Crippen molar-refractivity contribution < 1.29 is 13.9 Å². The van der Waals surface area contributed by atoms with E-state index in [4.69, 9.17) is 20.8 Å². The molecule has 0 saturated heterocycles. The Bertz CT molecular complexity index is 808. The smallest absolute Gasteiger partial charge is 0.291 e. The van der Waals surface area contributed by atoms with E-state index in [9.17, 15) is 4.79 Å². The van der Waals surface area contributed by atoms with Crippen LogP contribution in [0, 0.1) is 0 Å². The molecule has 3 rings (SSSR count). The summed E-state index contributed by atoms with van der Waals surface area (Å²) in [6.07, 6.45) is 0. The van der Waals surface area contributed by atoms with Crippen LogP contribution in [0.1, 0.15) is 17.5 Å². The number of nitrogens with one attached hydrogen (secondary N) is 1. The molecule has 1 heterocycles. The van der Waals surface area contributed by atoms with Gasteiger partial charge in [-0.05, 0) is 55.5 Å². The second-order valence-electron chi connectivity index (χ2n) is 4.70. The zero-order valence-electron chi connectivity index (χ0n) is 11.9. The highest BCUT2D eigenvalue weighted by atomic mass is 35.5. The fourth-order valence-electron chi connectivity index (χ4n) is 2.12. The molecule has 1 N–H and O–H groups in total. The van der Waals surface area contributed by atoms with E-state index in [2.05, 4.69) is 5.32 Å². The Morgan fingerprint density at radius 3 is 2.68 bits per heavy atom. The highest BCUT2D eigenvalue weighted by Crippen LogP contribution is 2.24. The fraction of sp³-hybridized carbons (Fsp3) is 0.118. The van der Waals surface area contributed by atoms with Gasteiger partial charge in [0.1, 0.15) is 11.3 Å². The SMILES string of the molecule is CCOc1ccc(NC(=O)c2cc3cc(Cl)ccc3o2)cc1. The van der Waals surface area contributed by atoms with Crippen LogP contribution in [0.4, 0.5) is 5.69 Å². The quantitative estimate of drug-likeness (QED) is 0.756. The van der Waals surface area contributed by atoms with Crippen LogP contribution in [0.5, 0.6) is 5.75 Å². The number of hydrogen-bond acceptors (Lipinski definition) is 3. The molecule has 2 aromatic carbocycles. The molecule has 0 aliphatic heterocycles. The van der Waals surface area contributed by atoms with Gasteiger partial charge in [-0.15, -0.1) is 0 Å². The maximum atomic E-state index is 12.2. The summed E-state index contributed by atoms with van der Waals surface area (Å²) in [5.41, 5.74) is 1.30. The molecular formula is C17H14ClNO3. The number of fused-ring (bicyclic) bond motifs is 1. The van der Waals surface area contributed by atoms with Crippen molar-refractivity contribution in [1.29, 1.82) is 0 Å². The van der Waals surface area contributed by atoms with Crippen LogP contribution >= 0.6 is 11.6 Å². The van der Waals surface area contributed by atoms with E-state index in [1.54, 1.807) is 48.5 Å². The van der Waals surface area contributed by atoms with Crippen molar-refractivity contribution in [2.24, 2.45) is 0 Å². The minimum atomic E-state index is -0.309. The molecule has 0 bridgehead atoms. The first-order valence-electron chi connectivity index (χ1n) is 6.89. The molecule has 0 atom stereocenters.